The second-order valence-corrected chi connectivity index (χ2v) is 4.74. The van der Waals surface area contributed by atoms with Crippen LogP contribution in [-0.2, 0) is 5.41 Å². The Bertz CT molecular complexity index is 462. The van der Waals surface area contributed by atoms with Crippen molar-refractivity contribution in [3.63, 3.8) is 0 Å². The van der Waals surface area contributed by atoms with Gasteiger partial charge in [-0.2, -0.15) is 5.26 Å². The standard InChI is InChI=1S/C14H17NO2/c1-3-13(2,16)14(10-15)8-9-17-12-7-5-4-6-11(12)14/h4-7,16H,3,8-9H2,1-2H3. The summed E-state index contributed by atoms with van der Waals surface area (Å²) < 4.78 is 5.56. The lowest BCUT2D eigenvalue weighted by Crippen LogP contribution is -2.51. The molecule has 1 heterocycles. The van der Waals surface area contributed by atoms with Crippen LogP contribution in [0.15, 0.2) is 24.3 Å². The van der Waals surface area contributed by atoms with Crippen LogP contribution in [0.3, 0.4) is 0 Å². The monoisotopic (exact) mass is 231 g/mol. The third kappa shape index (κ3) is 1.60. The molecule has 0 radical (unpaired) electrons. The first kappa shape index (κ1) is 11.9. The van der Waals surface area contributed by atoms with E-state index in [2.05, 4.69) is 6.07 Å². The van der Waals surface area contributed by atoms with Crippen LogP contribution >= 0.6 is 0 Å². The van der Waals surface area contributed by atoms with Crippen molar-refractivity contribution in [1.82, 2.24) is 0 Å². The van der Waals surface area contributed by atoms with Crippen molar-refractivity contribution in [2.45, 2.75) is 37.7 Å². The minimum Gasteiger partial charge on any atom is -0.493 e. The zero-order valence-corrected chi connectivity index (χ0v) is 10.2. The van der Waals surface area contributed by atoms with E-state index < -0.39 is 11.0 Å². The van der Waals surface area contributed by atoms with Crippen LogP contribution in [0, 0.1) is 11.3 Å². The number of rotatable bonds is 2. The molecule has 2 atom stereocenters. The highest BCUT2D eigenvalue weighted by Crippen LogP contribution is 2.46. The van der Waals surface area contributed by atoms with Crippen molar-refractivity contribution in [2.75, 3.05) is 6.61 Å². The van der Waals surface area contributed by atoms with Gasteiger partial charge in [-0.3, -0.25) is 0 Å². The second kappa shape index (κ2) is 4.05. The van der Waals surface area contributed by atoms with Gasteiger partial charge in [-0.1, -0.05) is 25.1 Å². The third-order valence-electron chi connectivity index (χ3n) is 3.88. The number of aliphatic hydroxyl groups is 1. The number of ether oxygens (including phenoxy) is 1. The van der Waals surface area contributed by atoms with Crippen molar-refractivity contribution in [1.29, 1.82) is 5.26 Å². The number of hydrogen-bond acceptors (Lipinski definition) is 3. The minimum atomic E-state index is -1.04. The molecule has 2 rings (SSSR count). The average molecular weight is 231 g/mol. The Balaban J connectivity index is 2.63. The van der Waals surface area contributed by atoms with Crippen LogP contribution in [-0.4, -0.2) is 17.3 Å². The van der Waals surface area contributed by atoms with Crippen LogP contribution in [0.1, 0.15) is 32.3 Å². The molecule has 1 aliphatic rings. The first-order valence-corrected chi connectivity index (χ1v) is 5.93. The van der Waals surface area contributed by atoms with Gasteiger partial charge in [-0.15, -0.1) is 0 Å². The number of hydrogen-bond donors (Lipinski definition) is 1. The van der Waals surface area contributed by atoms with Gasteiger partial charge in [0.05, 0.1) is 18.3 Å². The van der Waals surface area contributed by atoms with Crippen molar-refractivity contribution < 1.29 is 9.84 Å². The highest BCUT2D eigenvalue weighted by atomic mass is 16.5. The van der Waals surface area contributed by atoms with E-state index in [1.165, 1.54) is 0 Å². The van der Waals surface area contributed by atoms with E-state index in [1.807, 2.05) is 31.2 Å². The van der Waals surface area contributed by atoms with Gasteiger partial charge in [0.15, 0.2) is 0 Å². The van der Waals surface area contributed by atoms with E-state index in [9.17, 15) is 10.4 Å². The van der Waals surface area contributed by atoms with E-state index in [-0.39, 0.29) is 0 Å². The maximum atomic E-state index is 10.6. The fourth-order valence-corrected chi connectivity index (χ4v) is 2.49. The Morgan fingerprint density at radius 2 is 2.24 bits per heavy atom. The molecule has 0 saturated carbocycles. The topological polar surface area (TPSA) is 53.2 Å². The third-order valence-corrected chi connectivity index (χ3v) is 3.88. The molecule has 1 aromatic rings. The summed E-state index contributed by atoms with van der Waals surface area (Å²) in [5, 5.41) is 20.2. The predicted molar refractivity (Wildman–Crippen MR) is 64.8 cm³/mol. The van der Waals surface area contributed by atoms with Gasteiger partial charge in [0, 0.05) is 12.0 Å². The number of benzene rings is 1. The van der Waals surface area contributed by atoms with Crippen LogP contribution in [0.2, 0.25) is 0 Å². The molecule has 0 saturated heterocycles. The quantitative estimate of drug-likeness (QED) is 0.850. The molecule has 0 aliphatic carbocycles. The molecule has 3 nitrogen and oxygen atoms in total. The zero-order chi connectivity index (χ0) is 12.5. The maximum absolute atomic E-state index is 10.6. The van der Waals surface area contributed by atoms with Crippen molar-refractivity contribution in [3.05, 3.63) is 29.8 Å². The molecule has 17 heavy (non-hydrogen) atoms. The summed E-state index contributed by atoms with van der Waals surface area (Å²) in [7, 11) is 0. The highest BCUT2D eigenvalue weighted by Gasteiger charge is 2.50. The van der Waals surface area contributed by atoms with Crippen LogP contribution < -0.4 is 4.74 Å². The van der Waals surface area contributed by atoms with Gasteiger partial charge in [0.25, 0.3) is 0 Å². The van der Waals surface area contributed by atoms with Crippen molar-refractivity contribution in [2.24, 2.45) is 0 Å². The Morgan fingerprint density at radius 3 is 2.88 bits per heavy atom. The van der Waals surface area contributed by atoms with Gasteiger partial charge in [-0.05, 0) is 19.4 Å². The smallest absolute Gasteiger partial charge is 0.124 e. The molecule has 1 aromatic carbocycles. The van der Waals surface area contributed by atoms with Gasteiger partial charge in [0.2, 0.25) is 0 Å². The summed E-state index contributed by atoms with van der Waals surface area (Å²) >= 11 is 0. The molecule has 3 heteroatoms. The highest BCUT2D eigenvalue weighted by molar-refractivity contribution is 5.48. The molecule has 0 aromatic heterocycles. The number of nitriles is 1. The fraction of sp³-hybridized carbons (Fsp3) is 0.500. The fourth-order valence-electron chi connectivity index (χ4n) is 2.49. The molecular weight excluding hydrogens is 214 g/mol. The number of para-hydroxylation sites is 1. The summed E-state index contributed by atoms with van der Waals surface area (Å²) in [6.45, 7) is 4.11. The Morgan fingerprint density at radius 1 is 1.53 bits per heavy atom. The molecule has 2 unspecified atom stereocenters. The van der Waals surface area contributed by atoms with Crippen LogP contribution in [0.5, 0.6) is 5.75 Å². The van der Waals surface area contributed by atoms with E-state index in [4.69, 9.17) is 4.74 Å². The summed E-state index contributed by atoms with van der Waals surface area (Å²) in [5.41, 5.74) is -1.10. The lowest BCUT2D eigenvalue weighted by molar-refractivity contribution is -0.0188. The summed E-state index contributed by atoms with van der Waals surface area (Å²) in [6, 6.07) is 9.83. The minimum absolute atomic E-state index is 0.473. The van der Waals surface area contributed by atoms with E-state index in [1.54, 1.807) is 6.92 Å². The zero-order valence-electron chi connectivity index (χ0n) is 10.2. The molecule has 1 N–H and O–H groups in total. The first-order chi connectivity index (χ1) is 8.07. The van der Waals surface area contributed by atoms with Gasteiger partial charge in [0.1, 0.15) is 11.2 Å². The number of fused-ring (bicyclic) bond motifs is 1. The van der Waals surface area contributed by atoms with Crippen LogP contribution in [0.4, 0.5) is 0 Å². The molecule has 0 fully saturated rings. The predicted octanol–water partition coefficient (Wildman–Crippen LogP) is 2.39. The van der Waals surface area contributed by atoms with Crippen molar-refractivity contribution in [3.8, 4) is 11.8 Å². The summed E-state index contributed by atoms with van der Waals surface area (Å²) in [4.78, 5) is 0. The largest absolute Gasteiger partial charge is 0.493 e. The van der Waals surface area contributed by atoms with E-state index in [0.717, 1.165) is 5.56 Å². The van der Waals surface area contributed by atoms with Gasteiger partial charge < -0.3 is 9.84 Å². The Kier molecular flexibility index (Phi) is 2.84. The maximum Gasteiger partial charge on any atom is 0.124 e. The summed E-state index contributed by atoms with van der Waals surface area (Å²) in [5.74, 6) is 0.717. The molecule has 0 spiro atoms. The van der Waals surface area contributed by atoms with E-state index in [0.29, 0.717) is 25.2 Å². The molecule has 90 valence electrons. The van der Waals surface area contributed by atoms with Gasteiger partial charge in [-0.25, -0.2) is 0 Å². The lowest BCUT2D eigenvalue weighted by Gasteiger charge is -2.43. The first-order valence-electron chi connectivity index (χ1n) is 5.93. The molecule has 1 aliphatic heterocycles. The average Bonchev–Trinajstić information content (AvgIpc) is 2.37. The Labute approximate surface area is 102 Å². The number of nitrogens with zero attached hydrogens (tertiary/aromatic N) is 1. The second-order valence-electron chi connectivity index (χ2n) is 4.74. The van der Waals surface area contributed by atoms with E-state index >= 15 is 0 Å². The SMILES string of the molecule is CCC(C)(O)C1(C#N)CCOc2ccccc21. The molecule has 0 amide bonds. The van der Waals surface area contributed by atoms with Crippen molar-refractivity contribution >= 4 is 0 Å². The normalized spacial score (nSPS) is 26.2. The summed E-state index contributed by atoms with van der Waals surface area (Å²) in [6.07, 6.45) is 1.07. The Hall–Kier alpha value is -1.53. The molecule has 0 bridgehead atoms. The molecular formula is C14H17NO2. The van der Waals surface area contributed by atoms with Gasteiger partial charge >= 0.3 is 0 Å². The van der Waals surface area contributed by atoms with Crippen LogP contribution in [0.25, 0.3) is 0 Å². The lowest BCUT2D eigenvalue weighted by atomic mass is 9.65.